The molecule has 0 saturated heterocycles. The molecule has 24 heavy (non-hydrogen) atoms. The van der Waals surface area contributed by atoms with E-state index in [4.69, 9.17) is 9.15 Å². The standard InChI is InChI=1S/C13H8BrN5O5/c14-8-4-2-1-3-7(8)12-18-17-9(24-12)5-23-13-10(19(21)22)11(20)15-6-16-13/h1-4,6H,5H2,(H,15,16,20). The number of rotatable bonds is 5. The lowest BCUT2D eigenvalue weighted by molar-refractivity contribution is -0.387. The van der Waals surface area contributed by atoms with E-state index in [1.165, 1.54) is 0 Å². The summed E-state index contributed by atoms with van der Waals surface area (Å²) in [6.07, 6.45) is 1.00. The van der Waals surface area contributed by atoms with Crippen molar-refractivity contribution in [1.29, 1.82) is 0 Å². The van der Waals surface area contributed by atoms with Crippen LogP contribution in [0.3, 0.4) is 0 Å². The molecule has 1 N–H and O–H groups in total. The minimum Gasteiger partial charge on any atom is -0.463 e. The molecule has 0 amide bonds. The van der Waals surface area contributed by atoms with Gasteiger partial charge in [0.1, 0.15) is 0 Å². The number of ether oxygens (including phenoxy) is 1. The fourth-order valence-electron chi connectivity index (χ4n) is 1.83. The smallest absolute Gasteiger partial charge is 0.395 e. The zero-order chi connectivity index (χ0) is 17.1. The average Bonchev–Trinajstić information content (AvgIpc) is 3.01. The van der Waals surface area contributed by atoms with Gasteiger partial charge in [0.2, 0.25) is 5.89 Å². The van der Waals surface area contributed by atoms with Crippen LogP contribution in [0.4, 0.5) is 5.69 Å². The first-order valence-corrected chi connectivity index (χ1v) is 7.27. The second-order valence-corrected chi connectivity index (χ2v) is 5.27. The van der Waals surface area contributed by atoms with Crippen molar-refractivity contribution in [2.24, 2.45) is 0 Å². The molecule has 11 heteroatoms. The van der Waals surface area contributed by atoms with E-state index in [9.17, 15) is 14.9 Å². The van der Waals surface area contributed by atoms with Gasteiger partial charge in [0.25, 0.3) is 5.89 Å². The van der Waals surface area contributed by atoms with Crippen LogP contribution in [0, 0.1) is 10.1 Å². The third-order valence-corrected chi connectivity index (χ3v) is 3.57. The molecule has 0 aliphatic rings. The summed E-state index contributed by atoms with van der Waals surface area (Å²) in [5, 5.41) is 18.6. The van der Waals surface area contributed by atoms with Crippen LogP contribution in [0.25, 0.3) is 11.5 Å². The van der Waals surface area contributed by atoms with E-state index in [1.807, 2.05) is 18.2 Å². The summed E-state index contributed by atoms with van der Waals surface area (Å²) in [5.74, 6) is -0.0871. The molecular formula is C13H8BrN5O5. The summed E-state index contributed by atoms with van der Waals surface area (Å²) in [6, 6.07) is 7.25. The Kier molecular flexibility index (Phi) is 4.33. The molecule has 0 fully saturated rings. The number of halogens is 1. The average molecular weight is 394 g/mol. The van der Waals surface area contributed by atoms with Crippen molar-refractivity contribution in [2.45, 2.75) is 6.61 Å². The molecule has 0 saturated carbocycles. The number of H-pyrrole nitrogens is 1. The van der Waals surface area contributed by atoms with Gasteiger partial charge in [-0.1, -0.05) is 12.1 Å². The Morgan fingerprint density at radius 2 is 2.12 bits per heavy atom. The molecule has 3 rings (SSSR count). The Bertz CT molecular complexity index is 954. The van der Waals surface area contributed by atoms with E-state index in [0.717, 1.165) is 10.8 Å². The number of hydrogen-bond acceptors (Lipinski definition) is 8. The zero-order valence-corrected chi connectivity index (χ0v) is 13.4. The van der Waals surface area contributed by atoms with Gasteiger partial charge in [0.15, 0.2) is 6.61 Å². The van der Waals surface area contributed by atoms with Gasteiger partial charge in [-0.2, -0.15) is 4.98 Å². The van der Waals surface area contributed by atoms with Crippen LogP contribution in [-0.4, -0.2) is 25.1 Å². The minimum atomic E-state index is -0.913. The molecule has 0 radical (unpaired) electrons. The first-order chi connectivity index (χ1) is 11.6. The second-order valence-electron chi connectivity index (χ2n) is 4.41. The number of benzene rings is 1. The molecule has 0 unspecified atom stereocenters. The summed E-state index contributed by atoms with van der Waals surface area (Å²) in [5.41, 5.74) is -1.01. The summed E-state index contributed by atoms with van der Waals surface area (Å²) < 4.78 is 11.4. The Hall–Kier alpha value is -3.08. The first-order valence-electron chi connectivity index (χ1n) is 6.48. The van der Waals surface area contributed by atoms with Gasteiger partial charge in [0.05, 0.1) is 16.8 Å². The molecule has 0 bridgehead atoms. The predicted molar refractivity (Wildman–Crippen MR) is 83.3 cm³/mol. The van der Waals surface area contributed by atoms with Gasteiger partial charge in [0, 0.05) is 4.47 Å². The maximum absolute atomic E-state index is 11.4. The largest absolute Gasteiger partial charge is 0.463 e. The lowest BCUT2D eigenvalue weighted by atomic mass is 10.2. The van der Waals surface area contributed by atoms with Crippen molar-refractivity contribution in [1.82, 2.24) is 20.2 Å². The van der Waals surface area contributed by atoms with Crippen molar-refractivity contribution in [3.63, 3.8) is 0 Å². The summed E-state index contributed by atoms with van der Waals surface area (Å²) in [6.45, 7) is -0.269. The highest BCUT2D eigenvalue weighted by Crippen LogP contribution is 2.27. The molecule has 3 aromatic rings. The van der Waals surface area contributed by atoms with E-state index >= 15 is 0 Å². The van der Waals surface area contributed by atoms with Crippen LogP contribution in [-0.2, 0) is 6.61 Å². The molecule has 122 valence electrons. The number of nitrogens with zero attached hydrogens (tertiary/aromatic N) is 4. The molecular weight excluding hydrogens is 386 g/mol. The van der Waals surface area contributed by atoms with Gasteiger partial charge < -0.3 is 14.1 Å². The van der Waals surface area contributed by atoms with Crippen molar-refractivity contribution >= 4 is 21.6 Å². The second kappa shape index (κ2) is 6.58. The summed E-state index contributed by atoms with van der Waals surface area (Å²) in [7, 11) is 0. The van der Waals surface area contributed by atoms with Crippen molar-refractivity contribution in [2.75, 3.05) is 0 Å². The molecule has 0 aliphatic heterocycles. The molecule has 2 heterocycles. The maximum Gasteiger partial charge on any atom is 0.395 e. The highest BCUT2D eigenvalue weighted by molar-refractivity contribution is 9.10. The van der Waals surface area contributed by atoms with Crippen LogP contribution in [0.5, 0.6) is 5.88 Å². The predicted octanol–water partition coefficient (Wildman–Crippen LogP) is 2.07. The Morgan fingerprint density at radius 1 is 1.33 bits per heavy atom. The normalized spacial score (nSPS) is 10.5. The first kappa shape index (κ1) is 15.8. The fraction of sp³-hybridized carbons (Fsp3) is 0.0769. The highest BCUT2D eigenvalue weighted by atomic mass is 79.9. The molecule has 10 nitrogen and oxygen atoms in total. The number of hydrogen-bond donors (Lipinski definition) is 1. The van der Waals surface area contributed by atoms with Gasteiger partial charge in [-0.05, 0) is 28.1 Å². The van der Waals surface area contributed by atoms with Gasteiger partial charge in [-0.25, -0.2) is 0 Å². The van der Waals surface area contributed by atoms with Crippen LogP contribution >= 0.6 is 15.9 Å². The third-order valence-electron chi connectivity index (χ3n) is 2.88. The fourth-order valence-corrected chi connectivity index (χ4v) is 2.28. The summed E-state index contributed by atoms with van der Waals surface area (Å²) in [4.78, 5) is 27.2. The number of aromatic amines is 1. The van der Waals surface area contributed by atoms with Crippen LogP contribution in [0.15, 0.2) is 44.3 Å². The Morgan fingerprint density at radius 3 is 2.88 bits per heavy atom. The lowest BCUT2D eigenvalue weighted by Gasteiger charge is -2.01. The number of nitrogens with one attached hydrogen (secondary N) is 1. The quantitative estimate of drug-likeness (QED) is 0.513. The van der Waals surface area contributed by atoms with Crippen LogP contribution in [0.1, 0.15) is 5.89 Å². The SMILES string of the molecule is O=c1[nH]cnc(OCc2nnc(-c3ccccc3Br)o2)c1[N+](=O)[O-]. The molecule has 1 aromatic carbocycles. The topological polar surface area (TPSA) is 137 Å². The van der Waals surface area contributed by atoms with Gasteiger partial charge >= 0.3 is 17.1 Å². The maximum atomic E-state index is 11.4. The zero-order valence-electron chi connectivity index (χ0n) is 11.8. The van der Waals surface area contributed by atoms with Crippen LogP contribution in [0.2, 0.25) is 0 Å². The van der Waals surface area contributed by atoms with Gasteiger partial charge in [-0.3, -0.25) is 14.9 Å². The third kappa shape index (κ3) is 3.15. The van der Waals surface area contributed by atoms with E-state index in [0.29, 0.717) is 5.56 Å². The van der Waals surface area contributed by atoms with E-state index in [-0.39, 0.29) is 18.4 Å². The van der Waals surface area contributed by atoms with E-state index in [2.05, 4.69) is 36.1 Å². The highest BCUT2D eigenvalue weighted by Gasteiger charge is 2.23. The van der Waals surface area contributed by atoms with Crippen molar-refractivity contribution in [3.8, 4) is 17.3 Å². The molecule has 2 aromatic heterocycles. The minimum absolute atomic E-state index is 0.0807. The molecule has 0 spiro atoms. The van der Waals surface area contributed by atoms with Crippen molar-refractivity contribution < 1.29 is 14.1 Å². The van der Waals surface area contributed by atoms with Crippen LogP contribution < -0.4 is 10.3 Å². The van der Waals surface area contributed by atoms with Gasteiger partial charge in [-0.15, -0.1) is 10.2 Å². The summed E-state index contributed by atoms with van der Waals surface area (Å²) >= 11 is 3.37. The Balaban J connectivity index is 1.80. The lowest BCUT2D eigenvalue weighted by Crippen LogP contribution is -2.14. The Labute approximate surface area is 141 Å². The number of aromatic nitrogens is 4. The van der Waals surface area contributed by atoms with Crippen molar-refractivity contribution in [3.05, 3.63) is 61.4 Å². The molecule has 0 atom stereocenters. The molecule has 0 aliphatic carbocycles. The van der Waals surface area contributed by atoms with E-state index in [1.54, 1.807) is 6.07 Å². The number of nitro groups is 1. The monoisotopic (exact) mass is 393 g/mol. The van der Waals surface area contributed by atoms with E-state index < -0.39 is 22.0 Å².